The lowest BCUT2D eigenvalue weighted by Gasteiger charge is -2.16. The van der Waals surface area contributed by atoms with Crippen LogP contribution in [0.15, 0.2) is 42.6 Å². The maximum atomic E-state index is 12.2. The fourth-order valence-corrected chi connectivity index (χ4v) is 2.67. The Labute approximate surface area is 123 Å². The molecule has 0 bridgehead atoms. The average Bonchev–Trinajstić information content (AvgIpc) is 3.19. The maximum absolute atomic E-state index is 12.2. The molecule has 2 aromatic rings. The van der Waals surface area contributed by atoms with E-state index >= 15 is 0 Å². The molecule has 1 aliphatic heterocycles. The second kappa shape index (κ2) is 6.43. The minimum Gasteiger partial charge on any atom is -0.493 e. The monoisotopic (exact) mass is 285 g/mol. The fourth-order valence-electron chi connectivity index (χ4n) is 2.67. The number of aromatic amines is 1. The second-order valence-corrected chi connectivity index (χ2v) is 5.25. The Morgan fingerprint density at radius 2 is 2.19 bits per heavy atom. The molecule has 0 aliphatic carbocycles. The summed E-state index contributed by atoms with van der Waals surface area (Å²) in [5.41, 5.74) is 1.12. The number of hydrogen-bond acceptors (Lipinski definition) is 3. The zero-order valence-corrected chi connectivity index (χ0v) is 11.9. The number of nitrogens with one attached hydrogen (secondary N) is 1. The Bertz CT molecular complexity index is 568. The molecule has 1 unspecified atom stereocenters. The van der Waals surface area contributed by atoms with Crippen molar-refractivity contribution in [2.45, 2.75) is 18.8 Å². The van der Waals surface area contributed by atoms with Gasteiger partial charge in [-0.1, -0.05) is 18.2 Å². The summed E-state index contributed by atoms with van der Waals surface area (Å²) in [6.07, 6.45) is 3.17. The van der Waals surface area contributed by atoms with Crippen molar-refractivity contribution in [2.75, 3.05) is 19.7 Å². The lowest BCUT2D eigenvalue weighted by Crippen LogP contribution is -2.29. The van der Waals surface area contributed by atoms with Crippen LogP contribution in [0.3, 0.4) is 0 Å². The van der Waals surface area contributed by atoms with E-state index in [9.17, 15) is 4.79 Å². The maximum Gasteiger partial charge on any atom is 0.226 e. The van der Waals surface area contributed by atoms with E-state index in [-0.39, 0.29) is 5.91 Å². The molecule has 0 radical (unpaired) electrons. The highest BCUT2D eigenvalue weighted by Crippen LogP contribution is 2.25. The first kappa shape index (κ1) is 13.7. The highest BCUT2D eigenvalue weighted by Gasteiger charge is 2.27. The fraction of sp³-hybridized carbons (Fsp3) is 0.375. The molecule has 1 aromatic heterocycles. The van der Waals surface area contributed by atoms with E-state index in [0.717, 1.165) is 31.0 Å². The first-order chi connectivity index (χ1) is 10.3. The van der Waals surface area contributed by atoms with Crippen molar-refractivity contribution in [2.24, 2.45) is 0 Å². The summed E-state index contributed by atoms with van der Waals surface area (Å²) >= 11 is 0. The number of ether oxygens (including phenoxy) is 1. The van der Waals surface area contributed by atoms with Gasteiger partial charge in [-0.15, -0.1) is 0 Å². The summed E-state index contributed by atoms with van der Waals surface area (Å²) < 4.78 is 5.57. The molecule has 3 rings (SSSR count). The smallest absolute Gasteiger partial charge is 0.226 e. The largest absolute Gasteiger partial charge is 0.493 e. The van der Waals surface area contributed by atoms with Crippen LogP contribution in [0.4, 0.5) is 0 Å². The molecule has 1 amide bonds. The number of nitrogens with zero attached hydrogens (tertiary/aromatic N) is 2. The zero-order valence-electron chi connectivity index (χ0n) is 11.9. The van der Waals surface area contributed by atoms with Crippen LogP contribution >= 0.6 is 0 Å². The van der Waals surface area contributed by atoms with Gasteiger partial charge in [0, 0.05) is 30.9 Å². The van der Waals surface area contributed by atoms with Crippen LogP contribution in [0.2, 0.25) is 0 Å². The van der Waals surface area contributed by atoms with Crippen molar-refractivity contribution in [3.05, 3.63) is 48.3 Å². The van der Waals surface area contributed by atoms with Crippen molar-refractivity contribution in [1.82, 2.24) is 15.1 Å². The zero-order chi connectivity index (χ0) is 14.5. The van der Waals surface area contributed by atoms with Crippen molar-refractivity contribution in [1.29, 1.82) is 0 Å². The number of aromatic nitrogens is 2. The van der Waals surface area contributed by atoms with Gasteiger partial charge in [0.05, 0.1) is 13.0 Å². The van der Waals surface area contributed by atoms with Gasteiger partial charge in [-0.2, -0.15) is 5.10 Å². The number of H-pyrrole nitrogens is 1. The van der Waals surface area contributed by atoms with E-state index in [1.165, 1.54) is 0 Å². The third-order valence-electron chi connectivity index (χ3n) is 3.83. The Hall–Kier alpha value is -2.30. The van der Waals surface area contributed by atoms with Crippen LogP contribution in [0.5, 0.6) is 5.75 Å². The van der Waals surface area contributed by atoms with Crippen LogP contribution in [-0.2, 0) is 4.79 Å². The van der Waals surface area contributed by atoms with Crippen LogP contribution < -0.4 is 4.74 Å². The molecule has 2 heterocycles. The summed E-state index contributed by atoms with van der Waals surface area (Å²) in [6.45, 7) is 2.01. The van der Waals surface area contributed by atoms with Gasteiger partial charge in [0.2, 0.25) is 5.91 Å². The Morgan fingerprint density at radius 3 is 2.95 bits per heavy atom. The highest BCUT2D eigenvalue weighted by molar-refractivity contribution is 5.76. The number of carbonyl (C=O) groups is 1. The predicted octanol–water partition coefficient (Wildman–Crippen LogP) is 2.19. The molecule has 110 valence electrons. The van der Waals surface area contributed by atoms with Crippen molar-refractivity contribution in [3.8, 4) is 5.75 Å². The number of para-hydroxylation sites is 1. The van der Waals surface area contributed by atoms with Gasteiger partial charge in [-0.3, -0.25) is 9.89 Å². The van der Waals surface area contributed by atoms with Gasteiger partial charge < -0.3 is 9.64 Å². The summed E-state index contributed by atoms with van der Waals surface area (Å²) in [6, 6.07) is 11.6. The molecule has 1 fully saturated rings. The van der Waals surface area contributed by atoms with Crippen LogP contribution in [0, 0.1) is 0 Å². The van der Waals surface area contributed by atoms with Crippen LogP contribution in [-0.4, -0.2) is 40.7 Å². The standard InChI is InChI=1S/C16H19N3O2/c20-16(8-11-21-14-4-2-1-3-5-14)19-10-7-13(12-19)15-6-9-17-18-15/h1-6,9,13H,7-8,10-12H2,(H,17,18). The lowest BCUT2D eigenvalue weighted by molar-refractivity contribution is -0.130. The number of likely N-dealkylation sites (tertiary alicyclic amines) is 1. The van der Waals surface area contributed by atoms with Gasteiger partial charge in [0.25, 0.3) is 0 Å². The normalized spacial score (nSPS) is 17.9. The molecule has 21 heavy (non-hydrogen) atoms. The van der Waals surface area contributed by atoms with Crippen molar-refractivity contribution < 1.29 is 9.53 Å². The molecule has 0 spiro atoms. The number of carbonyl (C=O) groups excluding carboxylic acids is 1. The van der Waals surface area contributed by atoms with E-state index in [4.69, 9.17) is 4.74 Å². The minimum absolute atomic E-state index is 0.160. The molecule has 1 aromatic carbocycles. The number of rotatable bonds is 5. The van der Waals surface area contributed by atoms with Crippen molar-refractivity contribution >= 4 is 5.91 Å². The lowest BCUT2D eigenvalue weighted by atomic mass is 10.1. The second-order valence-electron chi connectivity index (χ2n) is 5.25. The number of hydrogen-bond donors (Lipinski definition) is 1. The number of benzene rings is 1. The summed E-state index contributed by atoms with van der Waals surface area (Å²) in [7, 11) is 0. The quantitative estimate of drug-likeness (QED) is 0.916. The molecule has 5 heteroatoms. The van der Waals surface area contributed by atoms with Gasteiger partial charge >= 0.3 is 0 Å². The first-order valence-electron chi connectivity index (χ1n) is 7.28. The first-order valence-corrected chi connectivity index (χ1v) is 7.28. The average molecular weight is 285 g/mol. The Kier molecular flexibility index (Phi) is 4.19. The van der Waals surface area contributed by atoms with Gasteiger partial charge in [0.15, 0.2) is 0 Å². The summed E-state index contributed by atoms with van der Waals surface area (Å²) in [4.78, 5) is 14.1. The number of amides is 1. The molecule has 0 saturated carbocycles. The van der Waals surface area contributed by atoms with E-state index < -0.39 is 0 Å². The SMILES string of the molecule is O=C(CCOc1ccccc1)N1CCC(c2ccn[nH]2)C1. The molecular weight excluding hydrogens is 266 g/mol. The molecule has 5 nitrogen and oxygen atoms in total. The van der Waals surface area contributed by atoms with Crippen LogP contribution in [0.25, 0.3) is 0 Å². The Morgan fingerprint density at radius 1 is 1.33 bits per heavy atom. The summed E-state index contributed by atoms with van der Waals surface area (Å²) in [5.74, 6) is 1.35. The predicted molar refractivity (Wildman–Crippen MR) is 79.1 cm³/mol. The summed E-state index contributed by atoms with van der Waals surface area (Å²) in [5, 5.41) is 6.96. The highest BCUT2D eigenvalue weighted by atomic mass is 16.5. The Balaban J connectivity index is 1.44. The minimum atomic E-state index is 0.160. The molecule has 1 saturated heterocycles. The van der Waals surface area contributed by atoms with E-state index in [1.54, 1.807) is 6.20 Å². The molecule has 1 N–H and O–H groups in total. The third kappa shape index (κ3) is 3.42. The van der Waals surface area contributed by atoms with E-state index in [2.05, 4.69) is 10.2 Å². The molecule has 1 atom stereocenters. The molecule has 1 aliphatic rings. The third-order valence-corrected chi connectivity index (χ3v) is 3.83. The molecular formula is C16H19N3O2. The van der Waals surface area contributed by atoms with Crippen molar-refractivity contribution in [3.63, 3.8) is 0 Å². The van der Waals surface area contributed by atoms with E-state index in [1.807, 2.05) is 41.3 Å². The topological polar surface area (TPSA) is 58.2 Å². The van der Waals surface area contributed by atoms with Gasteiger partial charge in [-0.05, 0) is 24.6 Å². The van der Waals surface area contributed by atoms with E-state index in [0.29, 0.717) is 18.9 Å². The van der Waals surface area contributed by atoms with Crippen LogP contribution in [0.1, 0.15) is 24.5 Å². The van der Waals surface area contributed by atoms with Gasteiger partial charge in [0.1, 0.15) is 5.75 Å². The van der Waals surface area contributed by atoms with Gasteiger partial charge in [-0.25, -0.2) is 0 Å².